The van der Waals surface area contributed by atoms with Gasteiger partial charge < -0.3 is 10.6 Å². The number of amides is 1. The van der Waals surface area contributed by atoms with Crippen molar-refractivity contribution in [2.45, 2.75) is 37.1 Å². The number of nitrogens with zero attached hydrogens (tertiary/aromatic N) is 1. The van der Waals surface area contributed by atoms with E-state index in [1.54, 1.807) is 0 Å². The molecule has 1 aromatic rings. The number of benzene rings is 1. The Morgan fingerprint density at radius 2 is 2.28 bits per heavy atom. The van der Waals surface area contributed by atoms with E-state index in [0.717, 1.165) is 30.8 Å². The topological polar surface area (TPSA) is 46.3 Å². The van der Waals surface area contributed by atoms with Gasteiger partial charge in [-0.25, -0.2) is 0 Å². The van der Waals surface area contributed by atoms with Gasteiger partial charge in [-0.3, -0.25) is 4.79 Å². The molecule has 1 heterocycles. The SMILES string of the molecule is CCCC(N)CC(=O)N1CCSc2ccccc21. The fourth-order valence-corrected chi connectivity index (χ4v) is 3.23. The summed E-state index contributed by atoms with van der Waals surface area (Å²) >= 11 is 1.81. The van der Waals surface area contributed by atoms with Gasteiger partial charge in [0.25, 0.3) is 0 Å². The zero-order chi connectivity index (χ0) is 13.0. The van der Waals surface area contributed by atoms with Crippen LogP contribution >= 0.6 is 11.8 Å². The highest BCUT2D eigenvalue weighted by Crippen LogP contribution is 2.34. The molecule has 0 saturated carbocycles. The standard InChI is InChI=1S/C14H20N2OS/c1-2-5-11(15)10-14(17)16-8-9-18-13-7-4-3-6-12(13)16/h3-4,6-7,11H,2,5,8-10,15H2,1H3. The molecule has 1 atom stereocenters. The molecule has 2 N–H and O–H groups in total. The molecular formula is C14H20N2OS. The van der Waals surface area contributed by atoms with E-state index in [9.17, 15) is 4.79 Å². The summed E-state index contributed by atoms with van der Waals surface area (Å²) < 4.78 is 0. The fourth-order valence-electron chi connectivity index (χ4n) is 2.24. The zero-order valence-corrected chi connectivity index (χ0v) is 11.6. The Bertz CT molecular complexity index is 422. The first-order chi connectivity index (χ1) is 8.72. The van der Waals surface area contributed by atoms with E-state index in [1.165, 1.54) is 4.90 Å². The molecule has 0 fully saturated rings. The third-order valence-electron chi connectivity index (χ3n) is 3.13. The highest BCUT2D eigenvalue weighted by molar-refractivity contribution is 7.99. The van der Waals surface area contributed by atoms with Gasteiger partial charge >= 0.3 is 0 Å². The largest absolute Gasteiger partial charge is 0.327 e. The lowest BCUT2D eigenvalue weighted by Crippen LogP contribution is -2.39. The predicted octanol–water partition coefficient (Wildman–Crippen LogP) is 2.64. The molecule has 0 aromatic heterocycles. The minimum Gasteiger partial charge on any atom is -0.327 e. The Hall–Kier alpha value is -1.00. The van der Waals surface area contributed by atoms with Crippen molar-refractivity contribution in [3.8, 4) is 0 Å². The van der Waals surface area contributed by atoms with Crippen molar-refractivity contribution in [2.24, 2.45) is 5.73 Å². The first-order valence-electron chi connectivity index (χ1n) is 6.50. The molecule has 3 nitrogen and oxygen atoms in total. The van der Waals surface area contributed by atoms with Gasteiger partial charge in [0.05, 0.1) is 5.69 Å². The maximum Gasteiger partial charge on any atom is 0.228 e. The number of carbonyl (C=O) groups is 1. The molecule has 0 bridgehead atoms. The third-order valence-corrected chi connectivity index (χ3v) is 4.17. The van der Waals surface area contributed by atoms with Crippen molar-refractivity contribution in [2.75, 3.05) is 17.2 Å². The Labute approximate surface area is 113 Å². The molecule has 18 heavy (non-hydrogen) atoms. The quantitative estimate of drug-likeness (QED) is 0.909. The smallest absolute Gasteiger partial charge is 0.228 e. The minimum absolute atomic E-state index is 0.00996. The summed E-state index contributed by atoms with van der Waals surface area (Å²) in [6, 6.07) is 8.08. The number of thioether (sulfide) groups is 1. The number of anilines is 1. The van der Waals surface area contributed by atoms with Crippen LogP contribution < -0.4 is 10.6 Å². The Morgan fingerprint density at radius 1 is 1.50 bits per heavy atom. The van der Waals surface area contributed by atoms with Crippen LogP contribution in [0.4, 0.5) is 5.69 Å². The van der Waals surface area contributed by atoms with E-state index in [2.05, 4.69) is 13.0 Å². The number of fused-ring (bicyclic) bond motifs is 1. The van der Waals surface area contributed by atoms with Crippen LogP contribution in [0.1, 0.15) is 26.2 Å². The van der Waals surface area contributed by atoms with E-state index >= 15 is 0 Å². The van der Waals surface area contributed by atoms with Gasteiger partial charge in [0.1, 0.15) is 0 Å². The monoisotopic (exact) mass is 264 g/mol. The van der Waals surface area contributed by atoms with Gasteiger partial charge in [0.2, 0.25) is 5.91 Å². The second-order valence-corrected chi connectivity index (χ2v) is 5.75. The summed E-state index contributed by atoms with van der Waals surface area (Å²) in [7, 11) is 0. The molecule has 98 valence electrons. The number of rotatable bonds is 4. The Kier molecular flexibility index (Phi) is 4.66. The van der Waals surface area contributed by atoms with E-state index in [4.69, 9.17) is 5.73 Å². The first kappa shape index (κ1) is 13.4. The first-order valence-corrected chi connectivity index (χ1v) is 7.48. The van der Waals surface area contributed by atoms with Gasteiger partial charge in [-0.1, -0.05) is 25.5 Å². The van der Waals surface area contributed by atoms with Crippen LogP contribution in [0.3, 0.4) is 0 Å². The molecule has 1 aliphatic heterocycles. The van der Waals surface area contributed by atoms with Crippen LogP contribution in [0.15, 0.2) is 29.2 Å². The third kappa shape index (κ3) is 3.06. The molecule has 0 spiro atoms. The second-order valence-electron chi connectivity index (χ2n) is 4.61. The van der Waals surface area contributed by atoms with Gasteiger partial charge in [-0.05, 0) is 18.6 Å². The molecule has 1 amide bonds. The van der Waals surface area contributed by atoms with E-state index < -0.39 is 0 Å². The lowest BCUT2D eigenvalue weighted by atomic mass is 10.1. The molecule has 1 unspecified atom stereocenters. The maximum atomic E-state index is 12.3. The van der Waals surface area contributed by atoms with Crippen LogP contribution in [-0.2, 0) is 4.79 Å². The molecule has 0 saturated heterocycles. The van der Waals surface area contributed by atoms with Crippen LogP contribution in [-0.4, -0.2) is 24.2 Å². The summed E-state index contributed by atoms with van der Waals surface area (Å²) in [6.07, 6.45) is 2.39. The van der Waals surface area contributed by atoms with Gasteiger partial charge in [-0.15, -0.1) is 11.8 Å². The summed E-state index contributed by atoms with van der Waals surface area (Å²) in [4.78, 5) is 15.4. The lowest BCUT2D eigenvalue weighted by Gasteiger charge is -2.29. The summed E-state index contributed by atoms with van der Waals surface area (Å²) in [5, 5.41) is 0. The number of para-hydroxylation sites is 1. The van der Waals surface area contributed by atoms with E-state index in [1.807, 2.05) is 34.9 Å². The van der Waals surface area contributed by atoms with Gasteiger partial charge in [0.15, 0.2) is 0 Å². The fraction of sp³-hybridized carbons (Fsp3) is 0.500. The normalized spacial score (nSPS) is 16.2. The average Bonchev–Trinajstić information content (AvgIpc) is 2.38. The summed E-state index contributed by atoms with van der Waals surface area (Å²) in [5.74, 6) is 1.12. The lowest BCUT2D eigenvalue weighted by molar-refractivity contribution is -0.118. The van der Waals surface area contributed by atoms with Gasteiger partial charge in [-0.2, -0.15) is 0 Å². The molecule has 0 aliphatic carbocycles. The van der Waals surface area contributed by atoms with E-state index in [0.29, 0.717) is 6.42 Å². The highest BCUT2D eigenvalue weighted by Gasteiger charge is 2.23. The number of carbonyl (C=O) groups excluding carboxylic acids is 1. The van der Waals surface area contributed by atoms with E-state index in [-0.39, 0.29) is 11.9 Å². The van der Waals surface area contributed by atoms with Crippen molar-refractivity contribution in [3.05, 3.63) is 24.3 Å². The molecule has 1 aliphatic rings. The molecule has 4 heteroatoms. The minimum atomic E-state index is -0.00996. The van der Waals surface area contributed by atoms with Crippen LogP contribution in [0, 0.1) is 0 Å². The average molecular weight is 264 g/mol. The zero-order valence-electron chi connectivity index (χ0n) is 10.8. The summed E-state index contributed by atoms with van der Waals surface area (Å²) in [5.41, 5.74) is 7.00. The van der Waals surface area contributed by atoms with Crippen molar-refractivity contribution < 1.29 is 4.79 Å². The number of hydrogen-bond donors (Lipinski definition) is 1. The highest BCUT2D eigenvalue weighted by atomic mass is 32.2. The van der Waals surface area contributed by atoms with Crippen molar-refractivity contribution >= 4 is 23.4 Å². The van der Waals surface area contributed by atoms with Crippen molar-refractivity contribution in [3.63, 3.8) is 0 Å². The predicted molar refractivity (Wildman–Crippen MR) is 77.0 cm³/mol. The molecule has 2 rings (SSSR count). The maximum absolute atomic E-state index is 12.3. The summed E-state index contributed by atoms with van der Waals surface area (Å²) in [6.45, 7) is 2.89. The van der Waals surface area contributed by atoms with Crippen LogP contribution in [0.5, 0.6) is 0 Å². The van der Waals surface area contributed by atoms with Crippen LogP contribution in [0.25, 0.3) is 0 Å². The van der Waals surface area contributed by atoms with Crippen molar-refractivity contribution in [1.82, 2.24) is 0 Å². The van der Waals surface area contributed by atoms with Gasteiger partial charge in [0, 0.05) is 29.7 Å². The van der Waals surface area contributed by atoms with Crippen LogP contribution in [0.2, 0.25) is 0 Å². The number of nitrogens with two attached hydrogens (primary N) is 1. The Morgan fingerprint density at radius 3 is 3.06 bits per heavy atom. The molecule has 1 aromatic carbocycles. The molecule has 0 radical (unpaired) electrons. The van der Waals surface area contributed by atoms with Crippen molar-refractivity contribution in [1.29, 1.82) is 0 Å². The second kappa shape index (κ2) is 6.25. The number of hydrogen-bond acceptors (Lipinski definition) is 3. The molecular weight excluding hydrogens is 244 g/mol. The Balaban J connectivity index is 2.08.